The molecule has 0 aliphatic heterocycles. The van der Waals surface area contributed by atoms with Crippen LogP contribution in [0.4, 0.5) is 10.1 Å². The van der Waals surface area contributed by atoms with Crippen molar-refractivity contribution in [1.82, 2.24) is 19.8 Å². The normalized spacial score (nSPS) is 11.5. The second-order valence-electron chi connectivity index (χ2n) is 5.83. The van der Waals surface area contributed by atoms with E-state index in [0.717, 1.165) is 11.6 Å². The third-order valence-electron chi connectivity index (χ3n) is 4.03. The Kier molecular flexibility index (Phi) is 4.40. The highest BCUT2D eigenvalue weighted by Gasteiger charge is 2.17. The summed E-state index contributed by atoms with van der Waals surface area (Å²) in [6, 6.07) is 13.7. The molecule has 2 aromatic carbocycles. The molecule has 0 aliphatic rings. The summed E-state index contributed by atoms with van der Waals surface area (Å²) < 4.78 is 47.5. The van der Waals surface area contributed by atoms with E-state index in [1.54, 1.807) is 40.9 Å². The molecule has 0 bridgehead atoms. The number of aromatic nitrogens is 4. The van der Waals surface area contributed by atoms with Crippen molar-refractivity contribution in [2.24, 2.45) is 0 Å². The van der Waals surface area contributed by atoms with Crippen LogP contribution in [-0.2, 0) is 10.0 Å². The molecular weight excluding hydrogens is 385 g/mol. The molecule has 0 amide bonds. The first kappa shape index (κ1) is 17.9. The molecule has 0 saturated heterocycles. The van der Waals surface area contributed by atoms with Gasteiger partial charge in [-0.15, -0.1) is 10.2 Å². The quantitative estimate of drug-likeness (QED) is 0.554. The molecule has 2 aromatic heterocycles. The molecule has 1 N–H and O–H groups in total. The predicted octanol–water partition coefficient (Wildman–Crippen LogP) is 2.74. The molecule has 142 valence electrons. The number of hydrogen-bond acceptors (Lipinski definition) is 6. The van der Waals surface area contributed by atoms with Crippen molar-refractivity contribution < 1.29 is 17.5 Å². The highest BCUT2D eigenvalue weighted by molar-refractivity contribution is 7.92. The Morgan fingerprint density at radius 1 is 1.07 bits per heavy atom. The van der Waals surface area contributed by atoms with Gasteiger partial charge in [0.1, 0.15) is 6.33 Å². The highest BCUT2D eigenvalue weighted by atomic mass is 32.2. The van der Waals surface area contributed by atoms with E-state index in [1.165, 1.54) is 25.6 Å². The molecule has 4 rings (SSSR count). The average Bonchev–Trinajstić information content (AvgIpc) is 3.16. The van der Waals surface area contributed by atoms with Crippen molar-refractivity contribution in [1.29, 1.82) is 0 Å². The Morgan fingerprint density at radius 2 is 1.86 bits per heavy atom. The van der Waals surface area contributed by atoms with Crippen LogP contribution in [-0.4, -0.2) is 35.3 Å². The number of nitrogens with one attached hydrogen (secondary N) is 1. The van der Waals surface area contributed by atoms with E-state index >= 15 is 0 Å². The number of anilines is 1. The van der Waals surface area contributed by atoms with Crippen molar-refractivity contribution in [3.63, 3.8) is 0 Å². The van der Waals surface area contributed by atoms with Gasteiger partial charge in [0.25, 0.3) is 10.0 Å². The van der Waals surface area contributed by atoms with Gasteiger partial charge in [-0.25, -0.2) is 12.8 Å². The fourth-order valence-corrected chi connectivity index (χ4v) is 3.69. The van der Waals surface area contributed by atoms with Gasteiger partial charge in [0.05, 0.1) is 17.7 Å². The molecule has 0 radical (unpaired) electrons. The molecule has 10 heteroatoms. The molecule has 0 unspecified atom stereocenters. The minimum absolute atomic E-state index is 0.0270. The number of fused-ring (bicyclic) bond motifs is 1. The fourth-order valence-electron chi connectivity index (χ4n) is 2.62. The molecule has 0 atom stereocenters. The lowest BCUT2D eigenvalue weighted by molar-refractivity contribution is 0.385. The summed E-state index contributed by atoms with van der Waals surface area (Å²) in [4.78, 5) is -0.199. The summed E-state index contributed by atoms with van der Waals surface area (Å²) in [6.07, 6.45) is 1.50. The lowest BCUT2D eigenvalue weighted by atomic mass is 10.1. The monoisotopic (exact) mass is 399 g/mol. The maximum atomic E-state index is 13.8. The van der Waals surface area contributed by atoms with Gasteiger partial charge in [-0.2, -0.15) is 9.61 Å². The number of nitrogens with zero attached hydrogens (tertiary/aromatic N) is 4. The molecule has 0 fully saturated rings. The fraction of sp³-hybridized carbons (Fsp3) is 0.0556. The van der Waals surface area contributed by atoms with E-state index in [-0.39, 0.29) is 10.6 Å². The Hall–Kier alpha value is -3.53. The second-order valence-corrected chi connectivity index (χ2v) is 7.51. The third kappa shape index (κ3) is 3.37. The van der Waals surface area contributed by atoms with Crippen LogP contribution in [0.15, 0.2) is 65.8 Å². The Morgan fingerprint density at radius 3 is 2.57 bits per heavy atom. The van der Waals surface area contributed by atoms with Crippen molar-refractivity contribution in [3.05, 3.63) is 66.7 Å². The van der Waals surface area contributed by atoms with Crippen LogP contribution in [0, 0.1) is 5.82 Å². The van der Waals surface area contributed by atoms with Crippen LogP contribution in [0.25, 0.3) is 16.9 Å². The molecular formula is C18H14FN5O3S. The maximum absolute atomic E-state index is 13.8. The van der Waals surface area contributed by atoms with Gasteiger partial charge < -0.3 is 4.74 Å². The number of ether oxygens (including phenoxy) is 1. The Bertz CT molecular complexity index is 1260. The van der Waals surface area contributed by atoms with Crippen LogP contribution in [0.2, 0.25) is 0 Å². The SMILES string of the molecule is COc1ccc(S(=O)(=O)Nc2ccc(-c3ccc4nncn4n3)cc2)cc1F. The van der Waals surface area contributed by atoms with Crippen molar-refractivity contribution in [3.8, 4) is 17.0 Å². The van der Waals surface area contributed by atoms with Crippen LogP contribution in [0.3, 0.4) is 0 Å². The zero-order valence-electron chi connectivity index (χ0n) is 14.6. The lowest BCUT2D eigenvalue weighted by Crippen LogP contribution is -2.13. The van der Waals surface area contributed by atoms with Gasteiger partial charge >= 0.3 is 0 Å². The highest BCUT2D eigenvalue weighted by Crippen LogP contribution is 2.24. The average molecular weight is 399 g/mol. The number of hydrogen-bond donors (Lipinski definition) is 1. The number of methoxy groups -OCH3 is 1. The van der Waals surface area contributed by atoms with Crippen LogP contribution < -0.4 is 9.46 Å². The molecule has 0 saturated carbocycles. The van der Waals surface area contributed by atoms with E-state index < -0.39 is 15.8 Å². The van der Waals surface area contributed by atoms with E-state index in [4.69, 9.17) is 4.74 Å². The van der Waals surface area contributed by atoms with E-state index in [2.05, 4.69) is 20.0 Å². The first-order valence-electron chi connectivity index (χ1n) is 8.10. The summed E-state index contributed by atoms with van der Waals surface area (Å²) in [5.41, 5.74) is 2.43. The first-order valence-corrected chi connectivity index (χ1v) is 9.58. The van der Waals surface area contributed by atoms with Gasteiger partial charge in [0, 0.05) is 11.3 Å². The van der Waals surface area contributed by atoms with Crippen LogP contribution in [0.1, 0.15) is 0 Å². The summed E-state index contributed by atoms with van der Waals surface area (Å²) >= 11 is 0. The summed E-state index contributed by atoms with van der Waals surface area (Å²) in [7, 11) is -2.63. The van der Waals surface area contributed by atoms with Crippen molar-refractivity contribution >= 4 is 21.4 Å². The molecule has 28 heavy (non-hydrogen) atoms. The van der Waals surface area contributed by atoms with E-state index in [1.807, 2.05) is 0 Å². The largest absolute Gasteiger partial charge is 0.494 e. The van der Waals surface area contributed by atoms with Gasteiger partial charge in [0.15, 0.2) is 17.2 Å². The topological polar surface area (TPSA) is 98.5 Å². The van der Waals surface area contributed by atoms with E-state index in [0.29, 0.717) is 17.0 Å². The van der Waals surface area contributed by atoms with Gasteiger partial charge in [-0.3, -0.25) is 4.72 Å². The standard InChI is InChI=1S/C18H14FN5O3S/c1-27-17-8-6-14(10-15(17)19)28(25,26)23-13-4-2-12(3-5-13)16-7-9-18-21-20-11-24(18)22-16/h2-11,23H,1H3. The number of halogens is 1. The summed E-state index contributed by atoms with van der Waals surface area (Å²) in [5.74, 6) is -0.781. The van der Waals surface area contributed by atoms with Crippen LogP contribution >= 0.6 is 0 Å². The van der Waals surface area contributed by atoms with Gasteiger partial charge in [0.2, 0.25) is 0 Å². The predicted molar refractivity (Wildman–Crippen MR) is 100.0 cm³/mol. The molecule has 2 heterocycles. The Balaban J connectivity index is 1.57. The first-order chi connectivity index (χ1) is 13.5. The smallest absolute Gasteiger partial charge is 0.262 e. The third-order valence-corrected chi connectivity index (χ3v) is 5.41. The van der Waals surface area contributed by atoms with Gasteiger partial charge in [-0.1, -0.05) is 12.1 Å². The van der Waals surface area contributed by atoms with Crippen LogP contribution in [0.5, 0.6) is 5.75 Å². The van der Waals surface area contributed by atoms with E-state index in [9.17, 15) is 12.8 Å². The number of sulfonamides is 1. The zero-order chi connectivity index (χ0) is 19.7. The second kappa shape index (κ2) is 6.89. The number of benzene rings is 2. The lowest BCUT2D eigenvalue weighted by Gasteiger charge is -2.10. The summed E-state index contributed by atoms with van der Waals surface area (Å²) in [6.45, 7) is 0. The molecule has 8 nitrogen and oxygen atoms in total. The summed E-state index contributed by atoms with van der Waals surface area (Å²) in [5, 5.41) is 12.1. The number of rotatable bonds is 5. The van der Waals surface area contributed by atoms with Gasteiger partial charge in [-0.05, 0) is 42.5 Å². The minimum atomic E-state index is -3.94. The minimum Gasteiger partial charge on any atom is -0.494 e. The molecule has 4 aromatic rings. The van der Waals surface area contributed by atoms with Crippen molar-refractivity contribution in [2.45, 2.75) is 4.90 Å². The maximum Gasteiger partial charge on any atom is 0.262 e. The van der Waals surface area contributed by atoms with Crippen molar-refractivity contribution in [2.75, 3.05) is 11.8 Å². The Labute approximate surface area is 159 Å². The molecule has 0 aliphatic carbocycles. The zero-order valence-corrected chi connectivity index (χ0v) is 15.4. The molecule has 0 spiro atoms.